The number of rotatable bonds is 5. The lowest BCUT2D eigenvalue weighted by Crippen LogP contribution is -2.28. The van der Waals surface area contributed by atoms with Crippen LogP contribution in [-0.2, 0) is 4.74 Å². The van der Waals surface area contributed by atoms with Gasteiger partial charge in [0.15, 0.2) is 29.0 Å². The largest absolute Gasteiger partial charge is 0.387 e. The van der Waals surface area contributed by atoms with Crippen molar-refractivity contribution < 1.29 is 23.9 Å². The van der Waals surface area contributed by atoms with Crippen molar-refractivity contribution in [3.05, 3.63) is 59.2 Å². The number of nitrogens with zero attached hydrogens (tertiary/aromatic N) is 5. The van der Waals surface area contributed by atoms with Crippen LogP contribution in [0.15, 0.2) is 41.4 Å². The van der Waals surface area contributed by atoms with Gasteiger partial charge in [-0.25, -0.2) is 19.3 Å². The summed E-state index contributed by atoms with van der Waals surface area (Å²) in [6, 6.07) is 5.98. The predicted molar refractivity (Wildman–Crippen MR) is 113 cm³/mol. The maximum absolute atomic E-state index is 14.2. The predicted octanol–water partition coefficient (Wildman–Crippen LogP) is 3.22. The standard InChI is InChI=1S/C21H18ClFN6O4/c22-10-3-4-12(11(23)5-10)27-19-15-20(25-7-24-19)29(8-26-15)21-17(31)16(30)18(32-21)14-6-13(28-33-14)9-1-2-9/h3-9,16-18,21,30-31H,1-2H2,(H,24,25,27)/t16-,17+,18+,21+/m0/s1. The van der Waals surface area contributed by atoms with Gasteiger partial charge in [0.25, 0.3) is 0 Å². The number of aliphatic hydroxyl groups excluding tert-OH is 2. The van der Waals surface area contributed by atoms with E-state index < -0.39 is 30.4 Å². The first-order valence-corrected chi connectivity index (χ1v) is 10.7. The number of nitrogens with one attached hydrogen (secondary N) is 1. The van der Waals surface area contributed by atoms with Gasteiger partial charge >= 0.3 is 0 Å². The molecule has 0 bridgehead atoms. The van der Waals surface area contributed by atoms with Crippen LogP contribution >= 0.6 is 11.6 Å². The van der Waals surface area contributed by atoms with E-state index in [1.165, 1.54) is 29.4 Å². The summed E-state index contributed by atoms with van der Waals surface area (Å²) in [7, 11) is 0. The second-order valence-corrected chi connectivity index (χ2v) is 8.59. The van der Waals surface area contributed by atoms with E-state index in [0.29, 0.717) is 22.8 Å². The molecular weight excluding hydrogens is 455 g/mol. The number of halogens is 2. The molecule has 2 aliphatic rings. The van der Waals surface area contributed by atoms with Gasteiger partial charge in [-0.05, 0) is 31.0 Å². The van der Waals surface area contributed by atoms with E-state index >= 15 is 0 Å². The molecule has 0 radical (unpaired) electrons. The molecule has 0 unspecified atom stereocenters. The van der Waals surface area contributed by atoms with Crippen LogP contribution in [-0.4, -0.2) is 47.1 Å². The summed E-state index contributed by atoms with van der Waals surface area (Å²) in [6.07, 6.45) is 0.415. The Morgan fingerprint density at radius 3 is 2.76 bits per heavy atom. The Morgan fingerprint density at radius 2 is 1.97 bits per heavy atom. The molecule has 0 amide bonds. The SMILES string of the molecule is O[C@@H]1[C@H](O)[C@@H](c2cc(C3CC3)no2)O[C@H]1n1cnc2c(Nc3ccc(Cl)cc3F)ncnc21. The first-order valence-electron chi connectivity index (χ1n) is 10.4. The summed E-state index contributed by atoms with van der Waals surface area (Å²) in [5, 5.41) is 28.5. The number of anilines is 2. The molecule has 2 fully saturated rings. The summed E-state index contributed by atoms with van der Waals surface area (Å²) in [6.45, 7) is 0. The molecule has 170 valence electrons. The molecule has 0 spiro atoms. The fraction of sp³-hybridized carbons (Fsp3) is 0.333. The third kappa shape index (κ3) is 3.53. The van der Waals surface area contributed by atoms with Crippen molar-refractivity contribution in [2.45, 2.75) is 43.3 Å². The van der Waals surface area contributed by atoms with Crippen molar-refractivity contribution in [2.75, 3.05) is 5.32 Å². The molecule has 4 aromatic rings. The fourth-order valence-electron chi connectivity index (χ4n) is 3.98. The number of ether oxygens (including phenoxy) is 1. The molecule has 1 aliphatic carbocycles. The molecule has 1 saturated carbocycles. The third-order valence-electron chi connectivity index (χ3n) is 5.88. The number of benzene rings is 1. The Balaban J connectivity index is 1.30. The van der Waals surface area contributed by atoms with Crippen LogP contribution < -0.4 is 5.32 Å². The van der Waals surface area contributed by atoms with E-state index in [1.807, 2.05) is 0 Å². The molecule has 1 aromatic carbocycles. The molecule has 3 N–H and O–H groups in total. The molecule has 4 heterocycles. The number of hydrogen-bond donors (Lipinski definition) is 3. The number of hydrogen-bond acceptors (Lipinski definition) is 9. The van der Waals surface area contributed by atoms with E-state index in [0.717, 1.165) is 18.5 Å². The minimum absolute atomic E-state index is 0.165. The van der Waals surface area contributed by atoms with Crippen molar-refractivity contribution in [2.24, 2.45) is 0 Å². The smallest absolute Gasteiger partial charge is 0.168 e. The lowest BCUT2D eigenvalue weighted by molar-refractivity contribution is -0.0434. The quantitative estimate of drug-likeness (QED) is 0.400. The van der Waals surface area contributed by atoms with Gasteiger partial charge in [0.2, 0.25) is 0 Å². The van der Waals surface area contributed by atoms with Gasteiger partial charge in [-0.15, -0.1) is 0 Å². The van der Waals surface area contributed by atoms with Crippen LogP contribution in [0.5, 0.6) is 0 Å². The molecule has 6 rings (SSSR count). The fourth-order valence-corrected chi connectivity index (χ4v) is 4.14. The highest BCUT2D eigenvalue weighted by Crippen LogP contribution is 2.43. The van der Waals surface area contributed by atoms with Gasteiger partial charge in [0.05, 0.1) is 17.7 Å². The van der Waals surface area contributed by atoms with E-state index in [-0.39, 0.29) is 16.5 Å². The van der Waals surface area contributed by atoms with E-state index in [1.54, 1.807) is 12.1 Å². The van der Waals surface area contributed by atoms with Gasteiger partial charge in [0.1, 0.15) is 30.5 Å². The van der Waals surface area contributed by atoms with Crippen molar-refractivity contribution >= 4 is 34.3 Å². The number of aromatic nitrogens is 5. The Bertz CT molecular complexity index is 1340. The summed E-state index contributed by atoms with van der Waals surface area (Å²) in [5.74, 6) is 0.443. The number of imidazole rings is 1. The van der Waals surface area contributed by atoms with Gasteiger partial charge in [-0.3, -0.25) is 4.57 Å². The van der Waals surface area contributed by atoms with Crippen molar-refractivity contribution in [1.82, 2.24) is 24.7 Å². The third-order valence-corrected chi connectivity index (χ3v) is 6.11. The van der Waals surface area contributed by atoms with Crippen molar-refractivity contribution in [3.63, 3.8) is 0 Å². The van der Waals surface area contributed by atoms with Crippen LogP contribution in [0.2, 0.25) is 5.02 Å². The highest BCUT2D eigenvalue weighted by Gasteiger charge is 2.47. The first kappa shape index (κ1) is 20.5. The Labute approximate surface area is 191 Å². The maximum Gasteiger partial charge on any atom is 0.168 e. The van der Waals surface area contributed by atoms with E-state index in [2.05, 4.69) is 25.4 Å². The number of aliphatic hydroxyl groups is 2. The zero-order chi connectivity index (χ0) is 22.7. The monoisotopic (exact) mass is 472 g/mol. The highest BCUT2D eigenvalue weighted by molar-refractivity contribution is 6.30. The minimum atomic E-state index is -1.28. The first-order chi connectivity index (χ1) is 16.0. The zero-order valence-electron chi connectivity index (χ0n) is 17.0. The van der Waals surface area contributed by atoms with Crippen LogP contribution in [0, 0.1) is 5.82 Å². The average molecular weight is 473 g/mol. The van der Waals surface area contributed by atoms with E-state index in [9.17, 15) is 14.6 Å². The van der Waals surface area contributed by atoms with Gasteiger partial charge in [-0.2, -0.15) is 0 Å². The maximum atomic E-state index is 14.2. The molecule has 10 nitrogen and oxygen atoms in total. The summed E-state index contributed by atoms with van der Waals surface area (Å²) in [5.41, 5.74) is 1.65. The Morgan fingerprint density at radius 1 is 1.12 bits per heavy atom. The lowest BCUT2D eigenvalue weighted by Gasteiger charge is -2.16. The van der Waals surface area contributed by atoms with Crippen LogP contribution in [0.25, 0.3) is 11.2 Å². The second kappa shape index (κ2) is 7.73. The van der Waals surface area contributed by atoms with Crippen LogP contribution in [0.1, 0.15) is 42.5 Å². The molecule has 1 saturated heterocycles. The van der Waals surface area contributed by atoms with Gasteiger partial charge < -0.3 is 24.8 Å². The Hall–Kier alpha value is -3.12. The molecule has 4 atom stereocenters. The zero-order valence-corrected chi connectivity index (χ0v) is 17.7. The van der Waals surface area contributed by atoms with E-state index in [4.69, 9.17) is 20.9 Å². The summed E-state index contributed by atoms with van der Waals surface area (Å²) < 4.78 is 27.1. The average Bonchev–Trinajstić information content (AvgIpc) is 3.25. The van der Waals surface area contributed by atoms with Crippen LogP contribution in [0.3, 0.4) is 0 Å². The molecule has 3 aromatic heterocycles. The van der Waals surface area contributed by atoms with Crippen LogP contribution in [0.4, 0.5) is 15.9 Å². The number of fused-ring (bicyclic) bond motifs is 1. The summed E-state index contributed by atoms with van der Waals surface area (Å²) in [4.78, 5) is 12.7. The minimum Gasteiger partial charge on any atom is -0.387 e. The molecule has 1 aliphatic heterocycles. The molecule has 33 heavy (non-hydrogen) atoms. The topological polar surface area (TPSA) is 131 Å². The molecule has 12 heteroatoms. The molecular formula is C21H18ClFN6O4. The van der Waals surface area contributed by atoms with Crippen molar-refractivity contribution in [1.29, 1.82) is 0 Å². The normalized spacial score (nSPS) is 25.1. The second-order valence-electron chi connectivity index (χ2n) is 8.15. The van der Waals surface area contributed by atoms with Gasteiger partial charge in [-0.1, -0.05) is 16.8 Å². The van der Waals surface area contributed by atoms with Gasteiger partial charge in [0, 0.05) is 17.0 Å². The Kier molecular flexibility index (Phi) is 4.80. The lowest BCUT2D eigenvalue weighted by atomic mass is 10.1. The highest BCUT2D eigenvalue weighted by atomic mass is 35.5. The van der Waals surface area contributed by atoms with Crippen molar-refractivity contribution in [3.8, 4) is 0 Å². The summed E-state index contributed by atoms with van der Waals surface area (Å²) >= 11 is 5.81.